The maximum absolute atomic E-state index is 10.0. The Balaban J connectivity index is 1.94. The zero-order chi connectivity index (χ0) is 21.5. The summed E-state index contributed by atoms with van der Waals surface area (Å²) in [5.74, 6) is 0.404. The Hall–Kier alpha value is -0.823. The van der Waals surface area contributed by atoms with E-state index in [1.165, 1.54) is 6.33 Å². The van der Waals surface area contributed by atoms with Gasteiger partial charge in [-0.1, -0.05) is 41.5 Å². The van der Waals surface area contributed by atoms with Crippen molar-refractivity contribution < 1.29 is 14.3 Å². The monoisotopic (exact) mass is 533 g/mol. The van der Waals surface area contributed by atoms with E-state index >= 15 is 0 Å². The molecule has 1 aliphatic rings. The van der Waals surface area contributed by atoms with Crippen molar-refractivity contribution in [3.63, 3.8) is 0 Å². The predicted octanol–water partition coefficient (Wildman–Crippen LogP) is 3.85. The fourth-order valence-corrected chi connectivity index (χ4v) is 11.3. The van der Waals surface area contributed by atoms with Crippen LogP contribution in [0.4, 0.5) is 5.82 Å². The van der Waals surface area contributed by atoms with Crippen molar-refractivity contribution in [1.29, 1.82) is 0 Å². The molecule has 0 radical (unpaired) electrons. The van der Waals surface area contributed by atoms with Gasteiger partial charge in [0.25, 0.3) is 0 Å². The van der Waals surface area contributed by atoms with E-state index in [-0.39, 0.29) is 25.0 Å². The van der Waals surface area contributed by atoms with Crippen molar-refractivity contribution in [2.24, 2.45) is 0 Å². The molecule has 1 saturated heterocycles. The molecule has 2 aromatic rings. The Bertz CT molecular complexity index is 838. The first-order valence-electron chi connectivity index (χ1n) is 10.2. The summed E-state index contributed by atoms with van der Waals surface area (Å²) in [5, 5.41) is 15.4. The van der Waals surface area contributed by atoms with Crippen LogP contribution in [0.15, 0.2) is 6.33 Å². The largest absolute Gasteiger partial charge is 0.410 e. The number of rotatable bonds is 7. The van der Waals surface area contributed by atoms with Gasteiger partial charge in [0.2, 0.25) is 8.32 Å². The third-order valence-corrected chi connectivity index (χ3v) is 13.1. The van der Waals surface area contributed by atoms with Crippen LogP contribution in [0.5, 0.6) is 0 Å². The highest BCUT2D eigenvalue weighted by Crippen LogP contribution is 2.46. The van der Waals surface area contributed by atoms with Crippen LogP contribution < -0.4 is 5.73 Å². The second-order valence-electron chi connectivity index (χ2n) is 8.71. The average Bonchev–Trinajstić information content (AvgIpc) is 3.20. The SMILES string of the molecule is CC(C)[Si](O[C@H]1C[C@H](n2nc(I)c3c(N)ncnc32)O[C@@H]1CO)(C(C)C)C(C)C. The van der Waals surface area contributed by atoms with E-state index in [2.05, 4.69) is 79.2 Å². The van der Waals surface area contributed by atoms with E-state index in [4.69, 9.17) is 14.9 Å². The van der Waals surface area contributed by atoms with Crippen LogP contribution >= 0.6 is 22.6 Å². The number of halogens is 1. The molecule has 0 amide bonds. The lowest BCUT2D eigenvalue weighted by molar-refractivity contribution is -0.0456. The number of aromatic nitrogens is 4. The Morgan fingerprint density at radius 1 is 1.24 bits per heavy atom. The fraction of sp³-hybridized carbons (Fsp3) is 0.737. The van der Waals surface area contributed by atoms with Crippen LogP contribution in [0.25, 0.3) is 11.0 Å². The summed E-state index contributed by atoms with van der Waals surface area (Å²) in [5.41, 5.74) is 8.04. The van der Waals surface area contributed by atoms with Crippen LogP contribution in [0.2, 0.25) is 16.6 Å². The summed E-state index contributed by atoms with van der Waals surface area (Å²) in [7, 11) is -2.11. The molecule has 0 bridgehead atoms. The number of anilines is 1. The molecule has 8 nitrogen and oxygen atoms in total. The molecule has 2 aromatic heterocycles. The second-order valence-corrected chi connectivity index (χ2v) is 15.1. The van der Waals surface area contributed by atoms with E-state index in [9.17, 15) is 5.11 Å². The third kappa shape index (κ3) is 3.93. The maximum atomic E-state index is 10.0. The second kappa shape index (κ2) is 8.73. The summed E-state index contributed by atoms with van der Waals surface area (Å²) in [4.78, 5) is 8.44. The number of aliphatic hydroxyl groups excluding tert-OH is 1. The van der Waals surface area contributed by atoms with E-state index in [0.717, 1.165) is 9.09 Å². The highest BCUT2D eigenvalue weighted by molar-refractivity contribution is 14.1. The van der Waals surface area contributed by atoms with Crippen molar-refractivity contribution in [2.45, 2.75) is 83.0 Å². The van der Waals surface area contributed by atoms with Crippen LogP contribution in [0, 0.1) is 3.70 Å². The van der Waals surface area contributed by atoms with Crippen molar-refractivity contribution in [1.82, 2.24) is 19.7 Å². The van der Waals surface area contributed by atoms with Crippen LogP contribution in [-0.2, 0) is 9.16 Å². The van der Waals surface area contributed by atoms with Gasteiger partial charge < -0.3 is 20.0 Å². The average molecular weight is 533 g/mol. The molecule has 3 atom stereocenters. The van der Waals surface area contributed by atoms with Gasteiger partial charge in [-0.05, 0) is 39.2 Å². The Morgan fingerprint density at radius 3 is 2.41 bits per heavy atom. The van der Waals surface area contributed by atoms with Gasteiger partial charge in [-0.2, -0.15) is 5.10 Å². The van der Waals surface area contributed by atoms with Gasteiger partial charge >= 0.3 is 0 Å². The van der Waals surface area contributed by atoms with Gasteiger partial charge in [0, 0.05) is 6.42 Å². The van der Waals surface area contributed by atoms with Crippen LogP contribution in [0.3, 0.4) is 0 Å². The first-order chi connectivity index (χ1) is 13.6. The first-order valence-corrected chi connectivity index (χ1v) is 13.4. The molecule has 0 aliphatic carbocycles. The number of ether oxygens (including phenoxy) is 1. The minimum atomic E-state index is -2.11. The van der Waals surface area contributed by atoms with Crippen LogP contribution in [-0.4, -0.2) is 52.0 Å². The van der Waals surface area contributed by atoms with Crippen molar-refractivity contribution in [2.75, 3.05) is 12.3 Å². The zero-order valence-corrected chi connectivity index (χ0v) is 21.1. The molecule has 10 heteroatoms. The molecule has 0 spiro atoms. The molecule has 1 aliphatic heterocycles. The fourth-order valence-electron chi connectivity index (χ4n) is 4.96. The van der Waals surface area contributed by atoms with E-state index in [1.807, 2.05) is 0 Å². The Morgan fingerprint density at radius 2 is 1.86 bits per heavy atom. The summed E-state index contributed by atoms with van der Waals surface area (Å²) in [6, 6.07) is 0. The molecular weight excluding hydrogens is 501 g/mol. The lowest BCUT2D eigenvalue weighted by atomic mass is 10.2. The van der Waals surface area contributed by atoms with Crippen LogP contribution in [0.1, 0.15) is 54.2 Å². The van der Waals surface area contributed by atoms with Crippen molar-refractivity contribution in [3.8, 4) is 0 Å². The van der Waals surface area contributed by atoms with Gasteiger partial charge in [0.1, 0.15) is 21.9 Å². The summed E-state index contributed by atoms with van der Waals surface area (Å²) >= 11 is 2.14. The smallest absolute Gasteiger partial charge is 0.200 e. The topological polar surface area (TPSA) is 108 Å². The molecule has 3 heterocycles. The first kappa shape index (κ1) is 22.9. The molecule has 3 rings (SSSR count). The number of hydrogen-bond acceptors (Lipinski definition) is 7. The van der Waals surface area contributed by atoms with E-state index < -0.39 is 8.32 Å². The van der Waals surface area contributed by atoms with Crippen molar-refractivity contribution in [3.05, 3.63) is 10.0 Å². The lowest BCUT2D eigenvalue weighted by Crippen LogP contribution is -2.51. The number of nitrogens with zero attached hydrogens (tertiary/aromatic N) is 4. The number of nitrogen functional groups attached to an aromatic ring is 1. The van der Waals surface area contributed by atoms with Gasteiger partial charge in [-0.25, -0.2) is 14.6 Å². The van der Waals surface area contributed by atoms with E-state index in [0.29, 0.717) is 34.5 Å². The number of hydrogen-bond donors (Lipinski definition) is 2. The quantitative estimate of drug-likeness (QED) is 0.411. The predicted molar refractivity (Wildman–Crippen MR) is 124 cm³/mol. The molecule has 162 valence electrons. The summed E-state index contributed by atoms with van der Waals surface area (Å²) < 4.78 is 15.6. The minimum Gasteiger partial charge on any atom is -0.410 e. The highest BCUT2D eigenvalue weighted by atomic mass is 127. The molecule has 29 heavy (non-hydrogen) atoms. The zero-order valence-electron chi connectivity index (χ0n) is 18.0. The number of fused-ring (bicyclic) bond motifs is 1. The van der Waals surface area contributed by atoms with Gasteiger partial charge in [0.15, 0.2) is 11.9 Å². The number of nitrogens with two attached hydrogens (primary N) is 1. The normalized spacial score (nSPS) is 23.2. The molecule has 0 aromatic carbocycles. The van der Waals surface area contributed by atoms with Gasteiger partial charge in [-0.3, -0.25) is 0 Å². The molecule has 1 fully saturated rings. The van der Waals surface area contributed by atoms with Gasteiger partial charge in [0.05, 0.1) is 18.1 Å². The summed E-state index contributed by atoms with van der Waals surface area (Å²) in [6.45, 7) is 13.5. The summed E-state index contributed by atoms with van der Waals surface area (Å²) in [6.07, 6.45) is 1.12. The molecule has 0 saturated carbocycles. The number of aliphatic hydroxyl groups is 1. The Kier molecular flexibility index (Phi) is 6.88. The molecule has 3 N–H and O–H groups in total. The Labute approximate surface area is 186 Å². The minimum absolute atomic E-state index is 0.0899. The third-order valence-electron chi connectivity index (χ3n) is 6.17. The molecular formula is C19H32IN5O3Si. The van der Waals surface area contributed by atoms with E-state index in [1.54, 1.807) is 4.68 Å². The standard InChI is InChI=1S/C19H32IN5O3Si/c1-10(2)29(11(3)4,12(5)6)28-13-7-15(27-14(13)8-26)25-19-16(17(20)24-25)18(21)22-9-23-19/h9-15,26H,7-8H2,1-6H3,(H2,21,22,23)/t13-,14+,15+/m0/s1. The lowest BCUT2D eigenvalue weighted by Gasteiger charge is -2.44. The highest BCUT2D eigenvalue weighted by Gasteiger charge is 2.50. The maximum Gasteiger partial charge on any atom is 0.200 e. The van der Waals surface area contributed by atoms with Gasteiger partial charge in [-0.15, -0.1) is 0 Å². The molecule has 0 unspecified atom stereocenters. The van der Waals surface area contributed by atoms with Crippen molar-refractivity contribution >= 4 is 47.8 Å².